The first-order valence-corrected chi connectivity index (χ1v) is 8.79. The average molecular weight is 355 g/mol. The van der Waals surface area contributed by atoms with Crippen molar-refractivity contribution in [1.82, 2.24) is 4.90 Å². The molecule has 2 aromatic carbocycles. The van der Waals surface area contributed by atoms with Crippen LogP contribution in [0, 0.1) is 0 Å². The van der Waals surface area contributed by atoms with Gasteiger partial charge in [0, 0.05) is 18.2 Å². The molecule has 1 heterocycles. The van der Waals surface area contributed by atoms with Crippen LogP contribution in [0.25, 0.3) is 0 Å². The molecule has 1 saturated heterocycles. The summed E-state index contributed by atoms with van der Waals surface area (Å²) in [5, 5.41) is 0. The van der Waals surface area contributed by atoms with E-state index in [-0.39, 0.29) is 5.97 Å². The van der Waals surface area contributed by atoms with E-state index in [9.17, 15) is 4.79 Å². The number of rotatable bonds is 6. The second-order valence-corrected chi connectivity index (χ2v) is 6.42. The predicted octanol–water partition coefficient (Wildman–Crippen LogP) is 3.83. The van der Waals surface area contributed by atoms with E-state index in [1.807, 2.05) is 36.4 Å². The van der Waals surface area contributed by atoms with Crippen molar-refractivity contribution in [3.05, 3.63) is 59.2 Å². The molecule has 138 valence electrons. The minimum Gasteiger partial charge on any atom is -0.497 e. The van der Waals surface area contributed by atoms with E-state index >= 15 is 0 Å². The van der Waals surface area contributed by atoms with Gasteiger partial charge in [0.1, 0.15) is 11.5 Å². The Morgan fingerprint density at radius 3 is 2.50 bits per heavy atom. The van der Waals surface area contributed by atoms with E-state index in [0.717, 1.165) is 43.0 Å². The Balaban J connectivity index is 1.79. The average Bonchev–Trinajstić information content (AvgIpc) is 3.15. The third-order valence-electron chi connectivity index (χ3n) is 4.92. The first-order valence-electron chi connectivity index (χ1n) is 8.79. The Morgan fingerprint density at radius 1 is 1.08 bits per heavy atom. The van der Waals surface area contributed by atoms with Crippen molar-refractivity contribution in [3.8, 4) is 11.5 Å². The fourth-order valence-electron chi connectivity index (χ4n) is 3.57. The largest absolute Gasteiger partial charge is 0.497 e. The lowest BCUT2D eigenvalue weighted by Crippen LogP contribution is -2.23. The van der Waals surface area contributed by atoms with Gasteiger partial charge in [0.15, 0.2) is 0 Å². The molecule has 3 rings (SSSR count). The molecule has 5 nitrogen and oxygen atoms in total. The van der Waals surface area contributed by atoms with Crippen LogP contribution in [0.4, 0.5) is 0 Å². The van der Waals surface area contributed by atoms with Gasteiger partial charge in [-0.2, -0.15) is 0 Å². The maximum absolute atomic E-state index is 11.6. The highest BCUT2D eigenvalue weighted by atomic mass is 16.5. The van der Waals surface area contributed by atoms with E-state index in [2.05, 4.69) is 11.0 Å². The normalized spacial score (nSPS) is 17.1. The Bertz CT molecular complexity index is 757. The lowest BCUT2D eigenvalue weighted by molar-refractivity contribution is 0.0600. The standard InChI is InChI=1S/C21H25NO4/c1-24-17-10-11-20(25-2)18(13-17)19-5-4-12-22(19)14-15-6-8-16(9-7-15)21(23)26-3/h6-11,13,19H,4-5,12,14H2,1-3H3/t19-/m1/s1. The highest BCUT2D eigenvalue weighted by molar-refractivity contribution is 5.89. The van der Waals surface area contributed by atoms with E-state index in [0.29, 0.717) is 11.6 Å². The minimum atomic E-state index is -0.309. The van der Waals surface area contributed by atoms with Gasteiger partial charge in [-0.05, 0) is 55.3 Å². The number of carbonyl (C=O) groups excluding carboxylic acids is 1. The Hall–Kier alpha value is -2.53. The molecule has 0 aromatic heterocycles. The van der Waals surface area contributed by atoms with E-state index < -0.39 is 0 Å². The molecule has 1 aliphatic rings. The second-order valence-electron chi connectivity index (χ2n) is 6.42. The van der Waals surface area contributed by atoms with Crippen LogP contribution >= 0.6 is 0 Å². The summed E-state index contributed by atoms with van der Waals surface area (Å²) >= 11 is 0. The van der Waals surface area contributed by atoms with Crippen molar-refractivity contribution in [2.24, 2.45) is 0 Å². The highest BCUT2D eigenvalue weighted by Crippen LogP contribution is 2.39. The Kier molecular flexibility index (Phi) is 5.78. The summed E-state index contributed by atoms with van der Waals surface area (Å²) in [5.74, 6) is 1.43. The van der Waals surface area contributed by atoms with Crippen LogP contribution in [0.2, 0.25) is 0 Å². The molecule has 0 radical (unpaired) electrons. The Labute approximate surface area is 154 Å². The van der Waals surface area contributed by atoms with Crippen molar-refractivity contribution in [1.29, 1.82) is 0 Å². The van der Waals surface area contributed by atoms with Gasteiger partial charge in [0.25, 0.3) is 0 Å². The summed E-state index contributed by atoms with van der Waals surface area (Å²) in [6.07, 6.45) is 2.23. The zero-order chi connectivity index (χ0) is 18.5. The van der Waals surface area contributed by atoms with E-state index in [1.165, 1.54) is 12.7 Å². The number of hydrogen-bond acceptors (Lipinski definition) is 5. The highest BCUT2D eigenvalue weighted by Gasteiger charge is 2.28. The third-order valence-corrected chi connectivity index (χ3v) is 4.92. The number of nitrogens with zero attached hydrogens (tertiary/aromatic N) is 1. The molecule has 0 spiro atoms. The van der Waals surface area contributed by atoms with Crippen LogP contribution in [0.1, 0.15) is 40.4 Å². The number of hydrogen-bond donors (Lipinski definition) is 0. The van der Waals surface area contributed by atoms with Crippen molar-refractivity contribution >= 4 is 5.97 Å². The molecule has 0 saturated carbocycles. The number of likely N-dealkylation sites (tertiary alicyclic amines) is 1. The van der Waals surface area contributed by atoms with Gasteiger partial charge in [-0.15, -0.1) is 0 Å². The van der Waals surface area contributed by atoms with Gasteiger partial charge in [-0.25, -0.2) is 4.79 Å². The van der Waals surface area contributed by atoms with Gasteiger partial charge in [-0.3, -0.25) is 4.90 Å². The number of ether oxygens (including phenoxy) is 3. The summed E-state index contributed by atoms with van der Waals surface area (Å²) in [5.41, 5.74) is 2.91. The number of carbonyl (C=O) groups is 1. The van der Waals surface area contributed by atoms with Gasteiger partial charge < -0.3 is 14.2 Å². The molecule has 0 unspecified atom stereocenters. The van der Waals surface area contributed by atoms with Crippen LogP contribution in [-0.4, -0.2) is 38.7 Å². The maximum atomic E-state index is 11.6. The van der Waals surface area contributed by atoms with Crippen molar-refractivity contribution < 1.29 is 19.0 Å². The number of esters is 1. The summed E-state index contributed by atoms with van der Waals surface area (Å²) in [6, 6.07) is 13.9. The summed E-state index contributed by atoms with van der Waals surface area (Å²) < 4.78 is 15.7. The molecule has 0 bridgehead atoms. The van der Waals surface area contributed by atoms with Gasteiger partial charge >= 0.3 is 5.97 Å². The first kappa shape index (κ1) is 18.3. The first-order chi connectivity index (χ1) is 12.7. The van der Waals surface area contributed by atoms with E-state index in [1.54, 1.807) is 14.2 Å². The van der Waals surface area contributed by atoms with Gasteiger partial charge in [0.05, 0.1) is 26.9 Å². The zero-order valence-corrected chi connectivity index (χ0v) is 15.5. The number of benzene rings is 2. The lowest BCUT2D eigenvalue weighted by atomic mass is 10.0. The monoisotopic (exact) mass is 355 g/mol. The molecule has 2 aromatic rings. The number of methoxy groups -OCH3 is 3. The second kappa shape index (κ2) is 8.23. The topological polar surface area (TPSA) is 48.0 Å². The van der Waals surface area contributed by atoms with Crippen LogP contribution in [0.3, 0.4) is 0 Å². The molecule has 0 N–H and O–H groups in total. The molecular formula is C21H25NO4. The summed E-state index contributed by atoms with van der Waals surface area (Å²) in [7, 11) is 4.78. The molecule has 5 heteroatoms. The smallest absolute Gasteiger partial charge is 0.337 e. The summed E-state index contributed by atoms with van der Waals surface area (Å²) in [6.45, 7) is 1.86. The van der Waals surface area contributed by atoms with Crippen molar-refractivity contribution in [2.45, 2.75) is 25.4 Å². The molecule has 0 amide bonds. The van der Waals surface area contributed by atoms with Crippen molar-refractivity contribution in [3.63, 3.8) is 0 Å². The third kappa shape index (κ3) is 3.83. The Morgan fingerprint density at radius 2 is 1.85 bits per heavy atom. The molecule has 26 heavy (non-hydrogen) atoms. The fourth-order valence-corrected chi connectivity index (χ4v) is 3.57. The van der Waals surface area contributed by atoms with Crippen LogP contribution < -0.4 is 9.47 Å². The van der Waals surface area contributed by atoms with Gasteiger partial charge in [0.2, 0.25) is 0 Å². The molecule has 1 fully saturated rings. The lowest BCUT2D eigenvalue weighted by Gasteiger charge is -2.26. The zero-order valence-electron chi connectivity index (χ0n) is 15.5. The van der Waals surface area contributed by atoms with Crippen LogP contribution in [-0.2, 0) is 11.3 Å². The molecule has 1 aliphatic heterocycles. The van der Waals surface area contributed by atoms with Gasteiger partial charge in [-0.1, -0.05) is 12.1 Å². The quantitative estimate of drug-likeness (QED) is 0.737. The fraction of sp³-hybridized carbons (Fsp3) is 0.381. The molecular weight excluding hydrogens is 330 g/mol. The maximum Gasteiger partial charge on any atom is 0.337 e. The SMILES string of the molecule is COC(=O)c1ccc(CN2CCC[C@@H]2c2cc(OC)ccc2OC)cc1. The minimum absolute atomic E-state index is 0.292. The molecule has 0 aliphatic carbocycles. The van der Waals surface area contributed by atoms with Crippen molar-refractivity contribution in [2.75, 3.05) is 27.9 Å². The van der Waals surface area contributed by atoms with Crippen LogP contribution in [0.5, 0.6) is 11.5 Å². The summed E-state index contributed by atoms with van der Waals surface area (Å²) in [4.78, 5) is 14.0. The predicted molar refractivity (Wildman–Crippen MR) is 99.7 cm³/mol. The van der Waals surface area contributed by atoms with E-state index in [4.69, 9.17) is 14.2 Å². The molecule has 1 atom stereocenters. The van der Waals surface area contributed by atoms with Crippen LogP contribution in [0.15, 0.2) is 42.5 Å².